The van der Waals surface area contributed by atoms with Crippen molar-refractivity contribution >= 4 is 11.8 Å². The summed E-state index contributed by atoms with van der Waals surface area (Å²) in [6.45, 7) is 6.65. The highest BCUT2D eigenvalue weighted by atomic mass is 16.2. The van der Waals surface area contributed by atoms with Crippen LogP contribution < -0.4 is 5.32 Å². The third-order valence-electron chi connectivity index (χ3n) is 5.34. The standard InChI is InChI=1S/C20H29N3O2/c1-16-6-2-3-7-17(16)15-22-10-5-11-23(13-12-22)20(25)14-18-8-4-9-19(24)21-18/h2-3,6-7,18H,4-5,8-15H2,1H3,(H,21,24). The lowest BCUT2D eigenvalue weighted by Gasteiger charge is -2.27. The van der Waals surface area contributed by atoms with Crippen LogP contribution in [0.2, 0.25) is 0 Å². The quantitative estimate of drug-likeness (QED) is 0.911. The van der Waals surface area contributed by atoms with Crippen molar-refractivity contribution in [1.82, 2.24) is 15.1 Å². The lowest BCUT2D eigenvalue weighted by Crippen LogP contribution is -2.43. The predicted molar refractivity (Wildman–Crippen MR) is 98.1 cm³/mol. The Hall–Kier alpha value is -1.88. The second-order valence-corrected chi connectivity index (χ2v) is 7.30. The second kappa shape index (κ2) is 8.48. The maximum Gasteiger partial charge on any atom is 0.224 e. The number of hydrogen-bond donors (Lipinski definition) is 1. The van der Waals surface area contributed by atoms with Gasteiger partial charge in [-0.2, -0.15) is 0 Å². The minimum Gasteiger partial charge on any atom is -0.353 e. The maximum atomic E-state index is 12.6. The maximum absolute atomic E-state index is 12.6. The van der Waals surface area contributed by atoms with Crippen LogP contribution in [0.15, 0.2) is 24.3 Å². The van der Waals surface area contributed by atoms with Crippen LogP contribution >= 0.6 is 0 Å². The predicted octanol–water partition coefficient (Wildman–Crippen LogP) is 2.09. The summed E-state index contributed by atoms with van der Waals surface area (Å²) < 4.78 is 0. The Bertz CT molecular complexity index is 617. The van der Waals surface area contributed by atoms with Crippen LogP contribution in [-0.4, -0.2) is 53.8 Å². The van der Waals surface area contributed by atoms with Crippen LogP contribution in [0.5, 0.6) is 0 Å². The van der Waals surface area contributed by atoms with Gasteiger partial charge in [-0.3, -0.25) is 14.5 Å². The summed E-state index contributed by atoms with van der Waals surface area (Å²) in [5, 5.41) is 2.95. The molecule has 0 saturated carbocycles. The van der Waals surface area contributed by atoms with E-state index < -0.39 is 0 Å². The SMILES string of the molecule is Cc1ccccc1CN1CCCN(C(=O)CC2CCCC(=O)N2)CC1. The Labute approximate surface area is 150 Å². The van der Waals surface area contributed by atoms with Gasteiger partial charge in [0, 0.05) is 51.6 Å². The molecule has 3 rings (SSSR count). The normalized spacial score (nSPS) is 22.4. The highest BCUT2D eigenvalue weighted by molar-refractivity contribution is 5.80. The molecule has 25 heavy (non-hydrogen) atoms. The number of carbonyl (C=O) groups excluding carboxylic acids is 2. The van der Waals surface area contributed by atoms with E-state index in [0.29, 0.717) is 12.8 Å². The van der Waals surface area contributed by atoms with E-state index >= 15 is 0 Å². The molecule has 2 saturated heterocycles. The van der Waals surface area contributed by atoms with Crippen molar-refractivity contribution in [2.75, 3.05) is 26.2 Å². The summed E-state index contributed by atoms with van der Waals surface area (Å²) in [6, 6.07) is 8.54. The highest BCUT2D eigenvalue weighted by Crippen LogP contribution is 2.15. The van der Waals surface area contributed by atoms with Crippen molar-refractivity contribution in [2.45, 2.75) is 51.6 Å². The van der Waals surface area contributed by atoms with Gasteiger partial charge in [-0.1, -0.05) is 24.3 Å². The van der Waals surface area contributed by atoms with Crippen molar-refractivity contribution in [3.05, 3.63) is 35.4 Å². The topological polar surface area (TPSA) is 52.7 Å². The first-order valence-corrected chi connectivity index (χ1v) is 9.46. The number of hydrogen-bond acceptors (Lipinski definition) is 3. The lowest BCUT2D eigenvalue weighted by molar-refractivity contribution is -0.132. The Balaban J connectivity index is 1.50. The van der Waals surface area contributed by atoms with Crippen molar-refractivity contribution in [3.8, 4) is 0 Å². The minimum atomic E-state index is 0.0278. The van der Waals surface area contributed by atoms with E-state index in [1.165, 1.54) is 11.1 Å². The van der Waals surface area contributed by atoms with Crippen molar-refractivity contribution in [3.63, 3.8) is 0 Å². The number of piperidine rings is 1. The largest absolute Gasteiger partial charge is 0.353 e. The van der Waals surface area contributed by atoms with E-state index in [4.69, 9.17) is 0 Å². The Morgan fingerprint density at radius 2 is 2.00 bits per heavy atom. The van der Waals surface area contributed by atoms with Gasteiger partial charge in [-0.25, -0.2) is 0 Å². The van der Waals surface area contributed by atoms with Crippen LogP contribution in [0.4, 0.5) is 0 Å². The van der Waals surface area contributed by atoms with Gasteiger partial charge < -0.3 is 10.2 Å². The molecule has 2 fully saturated rings. The molecular weight excluding hydrogens is 314 g/mol. The second-order valence-electron chi connectivity index (χ2n) is 7.30. The molecule has 0 spiro atoms. The molecule has 1 aromatic carbocycles. The molecule has 1 N–H and O–H groups in total. The summed E-state index contributed by atoms with van der Waals surface area (Å²) in [6.07, 6.45) is 3.87. The van der Waals surface area contributed by atoms with Gasteiger partial charge in [0.1, 0.15) is 0 Å². The molecule has 136 valence electrons. The van der Waals surface area contributed by atoms with Crippen LogP contribution in [0.25, 0.3) is 0 Å². The van der Waals surface area contributed by atoms with Gasteiger partial charge in [-0.15, -0.1) is 0 Å². The van der Waals surface area contributed by atoms with E-state index in [2.05, 4.69) is 41.4 Å². The first kappa shape index (κ1) is 17.9. The molecule has 0 radical (unpaired) electrons. The van der Waals surface area contributed by atoms with Gasteiger partial charge in [-0.05, 0) is 37.3 Å². The van der Waals surface area contributed by atoms with Gasteiger partial charge >= 0.3 is 0 Å². The van der Waals surface area contributed by atoms with Crippen LogP contribution in [0.1, 0.15) is 43.2 Å². The van der Waals surface area contributed by atoms with Crippen LogP contribution in [0, 0.1) is 6.92 Å². The van der Waals surface area contributed by atoms with Gasteiger partial charge in [0.25, 0.3) is 0 Å². The zero-order chi connectivity index (χ0) is 17.6. The Morgan fingerprint density at radius 3 is 2.80 bits per heavy atom. The summed E-state index contributed by atoms with van der Waals surface area (Å²) >= 11 is 0. The molecule has 2 aliphatic heterocycles. The van der Waals surface area contributed by atoms with Gasteiger partial charge in [0.2, 0.25) is 11.8 Å². The molecule has 2 amide bonds. The zero-order valence-electron chi connectivity index (χ0n) is 15.2. The fourth-order valence-corrected chi connectivity index (χ4v) is 3.78. The number of aryl methyl sites for hydroxylation is 1. The minimum absolute atomic E-state index is 0.0278. The average molecular weight is 343 g/mol. The summed E-state index contributed by atoms with van der Waals surface area (Å²) in [5.74, 6) is 0.272. The first-order valence-electron chi connectivity index (χ1n) is 9.46. The van der Waals surface area contributed by atoms with Crippen molar-refractivity contribution < 1.29 is 9.59 Å². The summed E-state index contributed by atoms with van der Waals surface area (Å²) in [5.41, 5.74) is 2.69. The first-order chi connectivity index (χ1) is 12.1. The molecule has 2 heterocycles. The molecule has 2 aliphatic rings. The Morgan fingerprint density at radius 1 is 1.16 bits per heavy atom. The van der Waals surface area contributed by atoms with E-state index in [0.717, 1.165) is 52.0 Å². The third kappa shape index (κ3) is 5.05. The van der Waals surface area contributed by atoms with Crippen molar-refractivity contribution in [1.29, 1.82) is 0 Å². The number of nitrogens with one attached hydrogen (secondary N) is 1. The molecule has 0 bridgehead atoms. The van der Waals surface area contributed by atoms with E-state index in [9.17, 15) is 9.59 Å². The molecular formula is C20H29N3O2. The third-order valence-corrected chi connectivity index (χ3v) is 5.34. The zero-order valence-corrected chi connectivity index (χ0v) is 15.2. The fraction of sp³-hybridized carbons (Fsp3) is 0.600. The van der Waals surface area contributed by atoms with Crippen molar-refractivity contribution in [2.24, 2.45) is 0 Å². The molecule has 1 atom stereocenters. The highest BCUT2D eigenvalue weighted by Gasteiger charge is 2.25. The molecule has 0 aromatic heterocycles. The van der Waals surface area contributed by atoms with Crippen LogP contribution in [-0.2, 0) is 16.1 Å². The lowest BCUT2D eigenvalue weighted by atomic mass is 10.0. The van der Waals surface area contributed by atoms with Crippen LogP contribution in [0.3, 0.4) is 0 Å². The molecule has 5 heteroatoms. The van der Waals surface area contributed by atoms with E-state index in [-0.39, 0.29) is 17.9 Å². The number of carbonyl (C=O) groups is 2. The summed E-state index contributed by atoms with van der Waals surface area (Å²) in [7, 11) is 0. The summed E-state index contributed by atoms with van der Waals surface area (Å²) in [4.78, 5) is 28.5. The Kier molecular flexibility index (Phi) is 6.08. The fourth-order valence-electron chi connectivity index (χ4n) is 3.78. The molecule has 1 aromatic rings. The number of rotatable bonds is 4. The molecule has 5 nitrogen and oxygen atoms in total. The number of benzene rings is 1. The van der Waals surface area contributed by atoms with E-state index in [1.54, 1.807) is 0 Å². The van der Waals surface area contributed by atoms with E-state index in [1.807, 2.05) is 4.90 Å². The van der Waals surface area contributed by atoms with Gasteiger partial charge in [0.15, 0.2) is 0 Å². The average Bonchev–Trinajstić information content (AvgIpc) is 2.83. The number of nitrogens with zero attached hydrogens (tertiary/aromatic N) is 2. The monoisotopic (exact) mass is 343 g/mol. The smallest absolute Gasteiger partial charge is 0.224 e. The van der Waals surface area contributed by atoms with Gasteiger partial charge in [0.05, 0.1) is 0 Å². The molecule has 1 unspecified atom stereocenters. The number of amides is 2. The molecule has 0 aliphatic carbocycles.